The van der Waals surface area contributed by atoms with Gasteiger partial charge < -0.3 is 4.90 Å². The van der Waals surface area contributed by atoms with Gasteiger partial charge in [0.15, 0.2) is 6.29 Å². The summed E-state index contributed by atoms with van der Waals surface area (Å²) < 4.78 is 3.80. The van der Waals surface area contributed by atoms with Crippen LogP contribution >= 0.6 is 11.5 Å². The third-order valence-corrected chi connectivity index (χ3v) is 4.42. The van der Waals surface area contributed by atoms with Crippen LogP contribution in [-0.4, -0.2) is 39.7 Å². The normalized spacial score (nSPS) is 26.1. The van der Waals surface area contributed by atoms with Gasteiger partial charge in [-0.15, -0.1) is 0 Å². The number of hydrogen-bond acceptors (Lipinski definition) is 5. The lowest BCUT2D eigenvalue weighted by atomic mass is 10.0. The number of carbonyl (C=O) groups excluding carboxylic acids is 2. The fraction of sp³-hybridized carbons (Fsp3) is 0.636. The Bertz CT molecular complexity index is 463. The second-order valence-electron chi connectivity index (χ2n) is 4.86. The summed E-state index contributed by atoms with van der Waals surface area (Å²) in [4.78, 5) is 28.2. The number of carbonyl (C=O) groups is 2. The van der Waals surface area contributed by atoms with Crippen LogP contribution in [0, 0.1) is 11.8 Å². The third-order valence-electron chi connectivity index (χ3n) is 3.77. The number of hydrogen-bond donors (Lipinski definition) is 1. The molecule has 0 spiro atoms. The smallest absolute Gasteiger partial charge is 0.323 e. The molecule has 1 aromatic rings. The summed E-state index contributed by atoms with van der Waals surface area (Å²) in [6.07, 6.45) is 4.35. The fourth-order valence-corrected chi connectivity index (χ4v) is 3.44. The monoisotopic (exact) mass is 266 g/mol. The van der Waals surface area contributed by atoms with Crippen molar-refractivity contribution in [3.63, 3.8) is 0 Å². The quantitative estimate of drug-likeness (QED) is 0.825. The lowest BCUT2D eigenvalue weighted by Crippen LogP contribution is -2.33. The van der Waals surface area contributed by atoms with E-state index in [9.17, 15) is 9.59 Å². The molecule has 2 atom stereocenters. The molecule has 96 valence electrons. The van der Waals surface area contributed by atoms with E-state index in [1.54, 1.807) is 0 Å². The molecular weight excluding hydrogens is 252 g/mol. The third kappa shape index (κ3) is 2.10. The predicted molar refractivity (Wildman–Crippen MR) is 66.7 cm³/mol. The topological polar surface area (TPSA) is 75.2 Å². The number of aromatic nitrogens is 2. The van der Waals surface area contributed by atoms with E-state index in [0.29, 0.717) is 23.3 Å². The Labute approximate surface area is 109 Å². The van der Waals surface area contributed by atoms with E-state index < -0.39 is 0 Å². The summed E-state index contributed by atoms with van der Waals surface area (Å²) in [6, 6.07) is -0.127. The summed E-state index contributed by atoms with van der Waals surface area (Å²) in [5.74, 6) is 1.47. The van der Waals surface area contributed by atoms with Crippen LogP contribution in [0.5, 0.6) is 0 Å². The number of rotatable bonds is 2. The van der Waals surface area contributed by atoms with Gasteiger partial charge in [-0.2, -0.15) is 9.36 Å². The highest BCUT2D eigenvalue weighted by atomic mass is 32.1. The molecule has 7 heteroatoms. The van der Waals surface area contributed by atoms with Crippen molar-refractivity contribution in [3.05, 3.63) is 5.82 Å². The summed E-state index contributed by atoms with van der Waals surface area (Å²) in [7, 11) is 0. The van der Waals surface area contributed by atoms with E-state index >= 15 is 0 Å². The average Bonchev–Trinajstić information content (AvgIpc) is 3.02. The Kier molecular flexibility index (Phi) is 2.99. The van der Waals surface area contributed by atoms with Gasteiger partial charge in [0, 0.05) is 24.6 Å². The van der Waals surface area contributed by atoms with Crippen LogP contribution in [0.15, 0.2) is 0 Å². The molecule has 1 aromatic heterocycles. The first kappa shape index (κ1) is 11.6. The van der Waals surface area contributed by atoms with Gasteiger partial charge in [0.05, 0.1) is 0 Å². The molecule has 18 heavy (non-hydrogen) atoms. The van der Waals surface area contributed by atoms with Crippen molar-refractivity contribution < 1.29 is 9.59 Å². The van der Waals surface area contributed by atoms with E-state index in [4.69, 9.17) is 0 Å². The largest absolute Gasteiger partial charge is 0.324 e. The first-order valence-corrected chi connectivity index (χ1v) is 6.88. The number of nitrogens with zero attached hydrogens (tertiary/aromatic N) is 3. The molecular formula is C11H14N4O2S. The van der Waals surface area contributed by atoms with Crippen LogP contribution in [-0.2, 0) is 0 Å². The fourth-order valence-electron chi connectivity index (χ4n) is 2.90. The number of aldehydes is 1. The second-order valence-corrected chi connectivity index (χ2v) is 5.61. The Morgan fingerprint density at radius 3 is 2.72 bits per heavy atom. The van der Waals surface area contributed by atoms with Crippen molar-refractivity contribution in [2.75, 3.05) is 18.4 Å². The zero-order chi connectivity index (χ0) is 12.5. The van der Waals surface area contributed by atoms with Gasteiger partial charge in [-0.05, 0) is 24.7 Å². The zero-order valence-corrected chi connectivity index (χ0v) is 10.7. The van der Waals surface area contributed by atoms with Crippen molar-refractivity contribution in [2.45, 2.75) is 19.3 Å². The highest BCUT2D eigenvalue weighted by Gasteiger charge is 2.38. The maximum Gasteiger partial charge on any atom is 0.323 e. The Morgan fingerprint density at radius 1 is 1.39 bits per heavy atom. The van der Waals surface area contributed by atoms with Crippen molar-refractivity contribution >= 4 is 29.0 Å². The minimum absolute atomic E-state index is 0.119. The molecule has 0 bridgehead atoms. The lowest BCUT2D eigenvalue weighted by molar-refractivity contribution is 0.111. The summed E-state index contributed by atoms with van der Waals surface area (Å²) >= 11 is 1.03. The first-order chi connectivity index (χ1) is 8.76. The van der Waals surface area contributed by atoms with E-state index in [2.05, 4.69) is 14.7 Å². The number of fused-ring (bicyclic) bond motifs is 1. The molecule has 1 saturated heterocycles. The van der Waals surface area contributed by atoms with Crippen LogP contribution < -0.4 is 5.32 Å². The second kappa shape index (κ2) is 4.64. The highest BCUT2D eigenvalue weighted by Crippen LogP contribution is 2.37. The van der Waals surface area contributed by atoms with E-state index in [0.717, 1.165) is 24.6 Å². The summed E-state index contributed by atoms with van der Waals surface area (Å²) in [6.45, 7) is 1.69. The van der Waals surface area contributed by atoms with Crippen LogP contribution in [0.1, 0.15) is 29.9 Å². The number of nitrogens with one attached hydrogen (secondary N) is 1. The molecule has 3 rings (SSSR count). The standard InChI is InChI=1S/C11H14N4O2S/c16-6-9-12-10(18-14-9)13-11(17)15-4-7-2-1-3-8(7)5-15/h6-8H,1-5H2,(H,12,13,14,17). The minimum Gasteiger partial charge on any atom is -0.324 e. The molecule has 2 heterocycles. The molecule has 1 N–H and O–H groups in total. The van der Waals surface area contributed by atoms with Gasteiger partial charge in [-0.25, -0.2) is 4.79 Å². The SMILES string of the molecule is O=Cc1nsc(NC(=O)N2CC3CCCC3C2)n1. The number of urea groups is 1. The van der Waals surface area contributed by atoms with Gasteiger partial charge in [-0.3, -0.25) is 10.1 Å². The molecule has 2 amide bonds. The van der Waals surface area contributed by atoms with Crippen LogP contribution in [0.2, 0.25) is 0 Å². The maximum absolute atomic E-state index is 12.0. The molecule has 6 nitrogen and oxygen atoms in total. The van der Waals surface area contributed by atoms with Gasteiger partial charge in [0.2, 0.25) is 11.0 Å². The van der Waals surface area contributed by atoms with Crippen LogP contribution in [0.3, 0.4) is 0 Å². The van der Waals surface area contributed by atoms with Crippen molar-refractivity contribution in [1.82, 2.24) is 14.3 Å². The van der Waals surface area contributed by atoms with E-state index in [-0.39, 0.29) is 11.9 Å². The van der Waals surface area contributed by atoms with E-state index in [1.165, 1.54) is 19.3 Å². The zero-order valence-electron chi connectivity index (χ0n) is 9.83. The van der Waals surface area contributed by atoms with Gasteiger partial charge in [-0.1, -0.05) is 6.42 Å². The first-order valence-electron chi connectivity index (χ1n) is 6.11. The van der Waals surface area contributed by atoms with Crippen LogP contribution in [0.4, 0.5) is 9.93 Å². The van der Waals surface area contributed by atoms with Crippen LogP contribution in [0.25, 0.3) is 0 Å². The molecule has 1 saturated carbocycles. The molecule has 0 aromatic carbocycles. The predicted octanol–water partition coefficient (Wildman–Crippen LogP) is 1.61. The molecule has 2 fully saturated rings. The molecule has 1 aliphatic carbocycles. The lowest BCUT2D eigenvalue weighted by Gasteiger charge is -2.16. The van der Waals surface area contributed by atoms with Gasteiger partial charge in [0.25, 0.3) is 0 Å². The van der Waals surface area contributed by atoms with E-state index in [1.807, 2.05) is 4.90 Å². The Hall–Kier alpha value is -1.50. The molecule has 2 aliphatic rings. The summed E-state index contributed by atoms with van der Waals surface area (Å²) in [5.41, 5.74) is 0. The molecule has 1 aliphatic heterocycles. The molecule has 2 unspecified atom stereocenters. The van der Waals surface area contributed by atoms with Gasteiger partial charge in [0.1, 0.15) is 0 Å². The molecule has 0 radical (unpaired) electrons. The average molecular weight is 266 g/mol. The maximum atomic E-state index is 12.0. The Morgan fingerprint density at radius 2 is 2.11 bits per heavy atom. The van der Waals surface area contributed by atoms with Crippen molar-refractivity contribution in [2.24, 2.45) is 11.8 Å². The summed E-state index contributed by atoms with van der Waals surface area (Å²) in [5, 5.41) is 3.09. The van der Waals surface area contributed by atoms with Crippen molar-refractivity contribution in [1.29, 1.82) is 0 Å². The number of likely N-dealkylation sites (tertiary alicyclic amines) is 1. The van der Waals surface area contributed by atoms with Crippen molar-refractivity contribution in [3.8, 4) is 0 Å². The minimum atomic E-state index is -0.127. The highest BCUT2D eigenvalue weighted by molar-refractivity contribution is 7.10. The number of amides is 2. The van der Waals surface area contributed by atoms with Gasteiger partial charge >= 0.3 is 6.03 Å². The Balaban J connectivity index is 1.60. The number of anilines is 1.